The zero-order chi connectivity index (χ0) is 11.7. The van der Waals surface area contributed by atoms with Crippen molar-refractivity contribution < 1.29 is 22.3 Å². The fraction of sp³-hybridized carbons (Fsp3) is 0.250. The molecule has 0 aliphatic heterocycles. The van der Waals surface area contributed by atoms with E-state index in [1.165, 1.54) is 12.1 Å². The van der Waals surface area contributed by atoms with Crippen LogP contribution in [0.4, 0.5) is 13.2 Å². The molecule has 7 heteroatoms. The summed E-state index contributed by atoms with van der Waals surface area (Å²) in [7, 11) is -3.31. The van der Waals surface area contributed by atoms with E-state index in [9.17, 15) is 13.2 Å². The van der Waals surface area contributed by atoms with Gasteiger partial charge in [-0.05, 0) is 11.6 Å². The molecule has 0 bridgehead atoms. The van der Waals surface area contributed by atoms with Gasteiger partial charge in [0.15, 0.2) is 0 Å². The highest BCUT2D eigenvalue weighted by molar-refractivity contribution is 8.21. The molecule has 0 saturated heterocycles. The molecule has 0 atom stereocenters. The van der Waals surface area contributed by atoms with Gasteiger partial charge in [-0.25, -0.2) is 5.14 Å². The van der Waals surface area contributed by atoms with Crippen LogP contribution in [-0.4, -0.2) is 9.11 Å². The molecule has 0 aliphatic rings. The summed E-state index contributed by atoms with van der Waals surface area (Å²) in [5.41, 5.74) is -0.684. The van der Waals surface area contributed by atoms with Crippen molar-refractivity contribution in [2.24, 2.45) is 5.14 Å². The Kier molecular flexibility index (Phi) is 3.29. The van der Waals surface area contributed by atoms with Crippen LogP contribution in [0.2, 0.25) is 0 Å². The second-order valence-corrected chi connectivity index (χ2v) is 4.78. The highest BCUT2D eigenvalue weighted by atomic mass is 32.3. The van der Waals surface area contributed by atoms with Crippen molar-refractivity contribution in [3.05, 3.63) is 35.4 Å². The highest BCUT2D eigenvalue weighted by Gasteiger charge is 2.30. The number of halogens is 3. The quantitative estimate of drug-likeness (QED) is 0.745. The Morgan fingerprint density at radius 3 is 2.33 bits per heavy atom. The molecule has 0 radical (unpaired) electrons. The summed E-state index contributed by atoms with van der Waals surface area (Å²) in [4.78, 5) is 0. The van der Waals surface area contributed by atoms with E-state index < -0.39 is 22.5 Å². The van der Waals surface area contributed by atoms with Crippen molar-refractivity contribution in [3.8, 4) is 0 Å². The summed E-state index contributed by atoms with van der Waals surface area (Å²) < 4.78 is 54.6. The monoisotopic (exact) mass is 241 g/mol. The topological polar surface area (TPSA) is 66.5 Å². The van der Waals surface area contributed by atoms with Crippen LogP contribution < -0.4 is 5.14 Å². The first-order valence-corrected chi connectivity index (χ1v) is 5.66. The number of nitrogens with two attached hydrogens (primary N) is 1. The SMILES string of the molecule is NS(O)(O)Cc1cccc(C(F)(F)F)c1. The van der Waals surface area contributed by atoms with Gasteiger partial charge in [0.1, 0.15) is 0 Å². The van der Waals surface area contributed by atoms with Crippen LogP contribution >= 0.6 is 10.8 Å². The molecule has 1 aromatic carbocycles. The largest absolute Gasteiger partial charge is 0.416 e. The minimum Gasteiger partial charge on any atom is -0.286 e. The molecule has 86 valence electrons. The summed E-state index contributed by atoms with van der Waals surface area (Å²) in [6.45, 7) is 0. The van der Waals surface area contributed by atoms with Gasteiger partial charge in [-0.2, -0.15) is 13.2 Å². The third-order valence-electron chi connectivity index (χ3n) is 1.63. The van der Waals surface area contributed by atoms with Crippen molar-refractivity contribution in [2.45, 2.75) is 11.9 Å². The summed E-state index contributed by atoms with van der Waals surface area (Å²) >= 11 is 0. The van der Waals surface area contributed by atoms with Gasteiger partial charge in [0.25, 0.3) is 0 Å². The molecule has 0 aromatic heterocycles. The van der Waals surface area contributed by atoms with Gasteiger partial charge in [-0.15, -0.1) is 10.8 Å². The lowest BCUT2D eigenvalue weighted by atomic mass is 10.1. The molecule has 0 fully saturated rings. The van der Waals surface area contributed by atoms with E-state index in [0.717, 1.165) is 12.1 Å². The number of benzene rings is 1. The van der Waals surface area contributed by atoms with Crippen LogP contribution in [0.25, 0.3) is 0 Å². The molecule has 15 heavy (non-hydrogen) atoms. The Hall–Kier alpha value is -0.760. The summed E-state index contributed by atoms with van der Waals surface area (Å²) in [5.74, 6) is -0.378. The van der Waals surface area contributed by atoms with Gasteiger partial charge in [0, 0.05) is 0 Å². The number of hydrogen-bond donors (Lipinski definition) is 3. The molecule has 0 spiro atoms. The molecule has 0 saturated carbocycles. The zero-order valence-electron chi connectivity index (χ0n) is 7.53. The van der Waals surface area contributed by atoms with Crippen molar-refractivity contribution in [2.75, 3.05) is 0 Å². The van der Waals surface area contributed by atoms with E-state index in [4.69, 9.17) is 14.2 Å². The Morgan fingerprint density at radius 1 is 1.27 bits per heavy atom. The fourth-order valence-electron chi connectivity index (χ4n) is 1.08. The minimum absolute atomic E-state index is 0.146. The molecule has 0 heterocycles. The lowest BCUT2D eigenvalue weighted by molar-refractivity contribution is -0.137. The standard InChI is InChI=1S/C8H10F3NO2S/c9-8(10,11)7-3-1-2-6(4-7)5-15(12,13)14/h1-4,13-14H,5,12H2. The molecule has 0 unspecified atom stereocenters. The number of alkyl halides is 3. The van der Waals surface area contributed by atoms with E-state index in [0.29, 0.717) is 0 Å². The van der Waals surface area contributed by atoms with Gasteiger partial charge in [0.05, 0.1) is 11.3 Å². The zero-order valence-corrected chi connectivity index (χ0v) is 8.35. The van der Waals surface area contributed by atoms with Crippen LogP contribution in [0.5, 0.6) is 0 Å². The Bertz CT molecular complexity index is 348. The first-order chi connectivity index (χ1) is 6.68. The Labute approximate surface area is 86.2 Å². The van der Waals surface area contributed by atoms with Gasteiger partial charge in [-0.3, -0.25) is 9.11 Å². The van der Waals surface area contributed by atoms with Gasteiger partial charge < -0.3 is 0 Å². The Balaban J connectivity index is 2.94. The van der Waals surface area contributed by atoms with Crippen molar-refractivity contribution in [3.63, 3.8) is 0 Å². The van der Waals surface area contributed by atoms with Gasteiger partial charge >= 0.3 is 6.18 Å². The van der Waals surface area contributed by atoms with Gasteiger partial charge in [-0.1, -0.05) is 18.2 Å². The van der Waals surface area contributed by atoms with Gasteiger partial charge in [0.2, 0.25) is 0 Å². The van der Waals surface area contributed by atoms with E-state index in [1.807, 2.05) is 0 Å². The van der Waals surface area contributed by atoms with E-state index in [-0.39, 0.29) is 11.3 Å². The minimum atomic E-state index is -4.44. The lowest BCUT2D eigenvalue weighted by Crippen LogP contribution is -2.12. The van der Waals surface area contributed by atoms with E-state index in [1.54, 1.807) is 0 Å². The predicted octanol–water partition coefficient (Wildman–Crippen LogP) is 2.83. The lowest BCUT2D eigenvalue weighted by Gasteiger charge is -2.26. The highest BCUT2D eigenvalue weighted by Crippen LogP contribution is 2.35. The average molecular weight is 241 g/mol. The average Bonchev–Trinajstić information content (AvgIpc) is 1.99. The smallest absolute Gasteiger partial charge is 0.286 e. The summed E-state index contributed by atoms with van der Waals surface area (Å²) in [6, 6.07) is 4.31. The summed E-state index contributed by atoms with van der Waals surface area (Å²) in [5, 5.41) is 4.94. The molecule has 4 N–H and O–H groups in total. The molecular weight excluding hydrogens is 231 g/mol. The Morgan fingerprint density at radius 2 is 1.87 bits per heavy atom. The number of hydrogen-bond acceptors (Lipinski definition) is 3. The van der Waals surface area contributed by atoms with E-state index >= 15 is 0 Å². The second kappa shape index (κ2) is 4.01. The van der Waals surface area contributed by atoms with E-state index in [2.05, 4.69) is 0 Å². The van der Waals surface area contributed by atoms with Crippen molar-refractivity contribution in [1.82, 2.24) is 0 Å². The molecule has 0 aliphatic carbocycles. The van der Waals surface area contributed by atoms with Crippen LogP contribution in [0.15, 0.2) is 24.3 Å². The van der Waals surface area contributed by atoms with Crippen LogP contribution in [0.1, 0.15) is 11.1 Å². The van der Waals surface area contributed by atoms with Crippen LogP contribution in [0.3, 0.4) is 0 Å². The third-order valence-corrected chi connectivity index (χ3v) is 2.39. The maximum absolute atomic E-state index is 12.3. The normalized spacial score (nSPS) is 14.0. The van der Waals surface area contributed by atoms with Crippen LogP contribution in [0, 0.1) is 0 Å². The third kappa shape index (κ3) is 4.08. The molecular formula is C8H10F3NO2S. The maximum Gasteiger partial charge on any atom is 0.416 e. The predicted molar refractivity (Wildman–Crippen MR) is 52.2 cm³/mol. The number of rotatable bonds is 2. The van der Waals surface area contributed by atoms with Crippen molar-refractivity contribution >= 4 is 10.8 Å². The first-order valence-electron chi connectivity index (χ1n) is 3.88. The maximum atomic E-state index is 12.3. The molecule has 0 amide bonds. The summed E-state index contributed by atoms with van der Waals surface area (Å²) in [6.07, 6.45) is -4.44. The fourth-order valence-corrected chi connectivity index (χ4v) is 1.75. The first kappa shape index (κ1) is 12.3. The molecule has 1 rings (SSSR count). The second-order valence-electron chi connectivity index (χ2n) is 3.06. The molecule has 3 nitrogen and oxygen atoms in total. The van der Waals surface area contributed by atoms with Crippen molar-refractivity contribution in [1.29, 1.82) is 0 Å². The molecule has 1 aromatic rings. The van der Waals surface area contributed by atoms with Crippen LogP contribution in [-0.2, 0) is 11.9 Å².